The Morgan fingerprint density at radius 1 is 1.07 bits per heavy atom. The number of aryl methyl sites for hydroxylation is 2. The first-order valence-corrected chi connectivity index (χ1v) is 10.2. The van der Waals surface area contributed by atoms with Crippen molar-refractivity contribution in [3.05, 3.63) is 69.7 Å². The van der Waals surface area contributed by atoms with Crippen LogP contribution in [-0.2, 0) is 33.7 Å². The van der Waals surface area contributed by atoms with Crippen LogP contribution in [0, 0.1) is 0 Å². The highest BCUT2D eigenvalue weighted by atomic mass is 35.5. The lowest BCUT2D eigenvalue weighted by Gasteiger charge is -2.14. The van der Waals surface area contributed by atoms with Gasteiger partial charge in [-0.3, -0.25) is 14.4 Å². The third-order valence-corrected chi connectivity index (χ3v) is 5.43. The molecule has 2 aromatic rings. The van der Waals surface area contributed by atoms with Crippen molar-refractivity contribution in [2.24, 2.45) is 0 Å². The minimum Gasteiger partial charge on any atom is -0.453 e. The fourth-order valence-corrected chi connectivity index (χ4v) is 3.59. The summed E-state index contributed by atoms with van der Waals surface area (Å²) in [6, 6.07) is 12.9. The molecule has 0 aromatic heterocycles. The van der Waals surface area contributed by atoms with Crippen LogP contribution in [0.4, 0.5) is 0 Å². The molecule has 0 saturated heterocycles. The zero-order chi connectivity index (χ0) is 20.8. The van der Waals surface area contributed by atoms with Crippen LogP contribution in [0.25, 0.3) is 0 Å². The van der Waals surface area contributed by atoms with Gasteiger partial charge in [0.1, 0.15) is 0 Å². The van der Waals surface area contributed by atoms with E-state index in [9.17, 15) is 14.4 Å². The highest BCUT2D eigenvalue weighted by Gasteiger charge is 2.19. The number of ether oxygens (including phenoxy) is 1. The SMILES string of the molecule is C[C@@H](OC(=O)CCC(=O)c1ccc2c(c1)CCC2)C(=O)NCc1ccccc1Cl. The van der Waals surface area contributed by atoms with E-state index in [0.717, 1.165) is 24.8 Å². The third kappa shape index (κ3) is 5.67. The van der Waals surface area contributed by atoms with Crippen molar-refractivity contribution in [3.8, 4) is 0 Å². The van der Waals surface area contributed by atoms with Crippen LogP contribution in [0.5, 0.6) is 0 Å². The maximum atomic E-state index is 12.4. The summed E-state index contributed by atoms with van der Waals surface area (Å²) in [6.45, 7) is 1.75. The lowest BCUT2D eigenvalue weighted by Crippen LogP contribution is -2.35. The zero-order valence-corrected chi connectivity index (χ0v) is 17.1. The van der Waals surface area contributed by atoms with Crippen LogP contribution < -0.4 is 5.32 Å². The van der Waals surface area contributed by atoms with Crippen LogP contribution in [0.1, 0.15) is 53.2 Å². The number of nitrogens with one attached hydrogen (secondary N) is 1. The minimum absolute atomic E-state index is 0.0575. The molecule has 0 fully saturated rings. The molecule has 2 aromatic carbocycles. The Morgan fingerprint density at radius 2 is 1.83 bits per heavy atom. The van der Waals surface area contributed by atoms with Gasteiger partial charge >= 0.3 is 5.97 Å². The monoisotopic (exact) mass is 413 g/mol. The van der Waals surface area contributed by atoms with Crippen molar-refractivity contribution in [2.75, 3.05) is 0 Å². The van der Waals surface area contributed by atoms with Gasteiger partial charge in [-0.1, -0.05) is 41.9 Å². The number of benzene rings is 2. The zero-order valence-electron chi connectivity index (χ0n) is 16.4. The maximum Gasteiger partial charge on any atom is 0.307 e. The van der Waals surface area contributed by atoms with Gasteiger partial charge in [0, 0.05) is 23.6 Å². The number of carbonyl (C=O) groups is 3. The van der Waals surface area contributed by atoms with Crippen LogP contribution in [-0.4, -0.2) is 23.8 Å². The Kier molecular flexibility index (Phi) is 7.04. The van der Waals surface area contributed by atoms with E-state index in [1.165, 1.54) is 18.1 Å². The van der Waals surface area contributed by atoms with Gasteiger partial charge in [0.2, 0.25) is 0 Å². The van der Waals surface area contributed by atoms with E-state index in [1.807, 2.05) is 36.4 Å². The van der Waals surface area contributed by atoms with Gasteiger partial charge in [0.15, 0.2) is 11.9 Å². The van der Waals surface area contributed by atoms with Gasteiger partial charge in [-0.2, -0.15) is 0 Å². The molecule has 1 aliphatic carbocycles. The molecule has 1 aliphatic rings. The van der Waals surface area contributed by atoms with Gasteiger partial charge in [-0.15, -0.1) is 0 Å². The van der Waals surface area contributed by atoms with E-state index in [4.69, 9.17) is 16.3 Å². The second-order valence-electron chi connectivity index (χ2n) is 7.20. The first kappa shape index (κ1) is 21.1. The molecule has 0 spiro atoms. The fraction of sp³-hybridized carbons (Fsp3) is 0.348. The second-order valence-corrected chi connectivity index (χ2v) is 7.61. The average molecular weight is 414 g/mol. The minimum atomic E-state index is -0.944. The quantitative estimate of drug-likeness (QED) is 0.523. The largest absolute Gasteiger partial charge is 0.453 e. The van der Waals surface area contributed by atoms with Crippen molar-refractivity contribution in [1.82, 2.24) is 5.32 Å². The smallest absolute Gasteiger partial charge is 0.307 e. The number of amides is 1. The predicted molar refractivity (Wildman–Crippen MR) is 111 cm³/mol. The van der Waals surface area contributed by atoms with Gasteiger partial charge in [-0.25, -0.2) is 0 Å². The fourth-order valence-electron chi connectivity index (χ4n) is 3.38. The Morgan fingerprint density at radius 3 is 2.62 bits per heavy atom. The second kappa shape index (κ2) is 9.70. The van der Waals surface area contributed by atoms with Crippen molar-refractivity contribution in [1.29, 1.82) is 0 Å². The van der Waals surface area contributed by atoms with E-state index in [1.54, 1.807) is 6.07 Å². The number of ketones is 1. The summed E-state index contributed by atoms with van der Waals surface area (Å²) in [5, 5.41) is 3.25. The van der Waals surface area contributed by atoms with E-state index >= 15 is 0 Å². The standard InChI is InChI=1S/C23H24ClNO4/c1-15(23(28)25-14-19-5-2-3-8-20(19)24)29-22(27)12-11-21(26)18-10-9-16-6-4-7-17(16)13-18/h2-3,5,8-10,13,15H,4,6-7,11-12,14H2,1H3,(H,25,28)/t15-/m1/s1. The number of fused-ring (bicyclic) bond motifs is 1. The summed E-state index contributed by atoms with van der Waals surface area (Å²) >= 11 is 6.06. The summed E-state index contributed by atoms with van der Waals surface area (Å²) in [4.78, 5) is 36.5. The molecule has 1 amide bonds. The van der Waals surface area contributed by atoms with Crippen molar-refractivity contribution in [2.45, 2.75) is 51.7 Å². The molecule has 1 N–H and O–H groups in total. The van der Waals surface area contributed by atoms with Gasteiger partial charge in [0.25, 0.3) is 5.91 Å². The molecular weight excluding hydrogens is 390 g/mol. The molecule has 0 unspecified atom stereocenters. The van der Waals surface area contributed by atoms with Gasteiger partial charge in [-0.05, 0) is 55.0 Å². The molecule has 0 heterocycles. The van der Waals surface area contributed by atoms with E-state index in [-0.39, 0.29) is 25.2 Å². The molecule has 6 heteroatoms. The van der Waals surface area contributed by atoms with E-state index in [2.05, 4.69) is 5.32 Å². The van der Waals surface area contributed by atoms with E-state index < -0.39 is 18.0 Å². The number of halogens is 1. The molecule has 3 rings (SSSR count). The Balaban J connectivity index is 1.43. The van der Waals surface area contributed by atoms with Crippen LogP contribution in [0.2, 0.25) is 5.02 Å². The molecule has 152 valence electrons. The number of Topliss-reactive ketones (excluding diaryl/α,β-unsaturated/α-hetero) is 1. The number of carbonyl (C=O) groups excluding carboxylic acids is 3. The molecule has 5 nitrogen and oxygen atoms in total. The predicted octanol–water partition coefficient (Wildman–Crippen LogP) is 4.04. The normalized spacial score (nSPS) is 13.4. The van der Waals surface area contributed by atoms with Crippen molar-refractivity contribution >= 4 is 29.3 Å². The summed E-state index contributed by atoms with van der Waals surface area (Å²) in [5.41, 5.74) is 3.93. The average Bonchev–Trinajstić information content (AvgIpc) is 3.19. The van der Waals surface area contributed by atoms with Crippen molar-refractivity contribution in [3.63, 3.8) is 0 Å². The highest BCUT2D eigenvalue weighted by Crippen LogP contribution is 2.23. The first-order valence-electron chi connectivity index (χ1n) is 9.79. The third-order valence-electron chi connectivity index (χ3n) is 5.07. The molecule has 0 bridgehead atoms. The van der Waals surface area contributed by atoms with E-state index in [0.29, 0.717) is 10.6 Å². The molecule has 0 radical (unpaired) electrons. The molecule has 0 aliphatic heterocycles. The Hall–Kier alpha value is -2.66. The summed E-state index contributed by atoms with van der Waals surface area (Å²) in [6.07, 6.45) is 2.24. The highest BCUT2D eigenvalue weighted by molar-refractivity contribution is 6.31. The first-order chi connectivity index (χ1) is 13.9. The summed E-state index contributed by atoms with van der Waals surface area (Å²) in [5.74, 6) is -1.07. The molecule has 29 heavy (non-hydrogen) atoms. The topological polar surface area (TPSA) is 72.5 Å². The molecule has 1 atom stereocenters. The van der Waals surface area contributed by atoms with Crippen LogP contribution in [0.3, 0.4) is 0 Å². The summed E-state index contributed by atoms with van der Waals surface area (Å²) in [7, 11) is 0. The molecular formula is C23H24ClNO4. The van der Waals surface area contributed by atoms with Gasteiger partial charge < -0.3 is 10.1 Å². The van der Waals surface area contributed by atoms with Crippen molar-refractivity contribution < 1.29 is 19.1 Å². The summed E-state index contributed by atoms with van der Waals surface area (Å²) < 4.78 is 5.15. The maximum absolute atomic E-state index is 12.4. The Labute approximate surface area is 175 Å². The van der Waals surface area contributed by atoms with Gasteiger partial charge in [0.05, 0.1) is 6.42 Å². The van der Waals surface area contributed by atoms with Crippen LogP contribution in [0.15, 0.2) is 42.5 Å². The van der Waals surface area contributed by atoms with Crippen LogP contribution >= 0.6 is 11.6 Å². The Bertz CT molecular complexity index is 925. The number of rotatable bonds is 8. The lowest BCUT2D eigenvalue weighted by molar-refractivity contribution is -0.154. The molecule has 0 saturated carbocycles. The number of hydrogen-bond acceptors (Lipinski definition) is 4. The number of esters is 1. The lowest BCUT2D eigenvalue weighted by atomic mass is 10.0. The number of hydrogen-bond donors (Lipinski definition) is 1.